The van der Waals surface area contributed by atoms with E-state index in [1.54, 1.807) is 22.5 Å². The Bertz CT molecular complexity index is 520. The van der Waals surface area contributed by atoms with Crippen molar-refractivity contribution < 1.29 is 8.42 Å². The monoisotopic (exact) mass is 282 g/mol. The zero-order valence-electron chi connectivity index (χ0n) is 11.4. The van der Waals surface area contributed by atoms with E-state index in [4.69, 9.17) is 5.73 Å². The molecule has 2 rings (SSSR count). The summed E-state index contributed by atoms with van der Waals surface area (Å²) in [5, 5.41) is 0. The van der Waals surface area contributed by atoms with Crippen LogP contribution in [0.2, 0.25) is 0 Å². The van der Waals surface area contributed by atoms with Gasteiger partial charge in [0.05, 0.1) is 4.90 Å². The minimum absolute atomic E-state index is 0.251. The largest absolute Gasteiger partial charge is 0.326 e. The zero-order chi connectivity index (χ0) is 13.9. The highest BCUT2D eigenvalue weighted by atomic mass is 32.2. The van der Waals surface area contributed by atoms with Gasteiger partial charge in [-0.15, -0.1) is 0 Å². The maximum Gasteiger partial charge on any atom is 0.243 e. The Balaban J connectivity index is 2.23. The molecule has 0 atom stereocenters. The van der Waals surface area contributed by atoms with E-state index in [1.165, 1.54) is 0 Å². The molecule has 0 aliphatic carbocycles. The van der Waals surface area contributed by atoms with E-state index in [-0.39, 0.29) is 6.54 Å². The molecule has 1 aromatic carbocycles. The Labute approximate surface area is 115 Å². The molecule has 0 bridgehead atoms. The van der Waals surface area contributed by atoms with Gasteiger partial charge in [0.15, 0.2) is 0 Å². The standard InChI is InChI=1S/C14H22N2O2S/c1-2-12-7-9-16(10-8-12)19(17,18)14-6-4-3-5-13(14)11-15/h3-6,12H,2,7-11,15H2,1H3. The molecule has 0 radical (unpaired) electrons. The van der Waals surface area contributed by atoms with E-state index < -0.39 is 10.0 Å². The molecule has 106 valence electrons. The second-order valence-electron chi connectivity index (χ2n) is 5.07. The van der Waals surface area contributed by atoms with Crippen molar-refractivity contribution in [2.45, 2.75) is 37.6 Å². The second kappa shape index (κ2) is 6.03. The Morgan fingerprint density at radius 1 is 1.26 bits per heavy atom. The topological polar surface area (TPSA) is 63.4 Å². The minimum atomic E-state index is -3.38. The van der Waals surface area contributed by atoms with Crippen LogP contribution in [0.25, 0.3) is 0 Å². The smallest absolute Gasteiger partial charge is 0.243 e. The number of benzene rings is 1. The van der Waals surface area contributed by atoms with Crippen LogP contribution < -0.4 is 5.73 Å². The molecule has 0 spiro atoms. The summed E-state index contributed by atoms with van der Waals surface area (Å²) in [6.07, 6.45) is 3.05. The molecule has 4 nitrogen and oxygen atoms in total. The molecule has 1 aliphatic heterocycles. The van der Waals surface area contributed by atoms with E-state index in [0.717, 1.165) is 19.3 Å². The molecule has 2 N–H and O–H groups in total. The number of sulfonamides is 1. The maximum absolute atomic E-state index is 12.6. The third kappa shape index (κ3) is 2.99. The van der Waals surface area contributed by atoms with E-state index in [0.29, 0.717) is 29.5 Å². The highest BCUT2D eigenvalue weighted by molar-refractivity contribution is 7.89. The summed E-state index contributed by atoms with van der Waals surface area (Å²) < 4.78 is 26.9. The van der Waals surface area contributed by atoms with Crippen LogP contribution in [0.5, 0.6) is 0 Å². The maximum atomic E-state index is 12.6. The van der Waals surface area contributed by atoms with Crippen molar-refractivity contribution in [2.24, 2.45) is 11.7 Å². The predicted molar refractivity (Wildman–Crippen MR) is 76.1 cm³/mol. The van der Waals surface area contributed by atoms with Crippen LogP contribution in [0.15, 0.2) is 29.2 Å². The summed E-state index contributed by atoms with van der Waals surface area (Å²) in [6, 6.07) is 7.02. The number of piperidine rings is 1. The highest BCUT2D eigenvalue weighted by Crippen LogP contribution is 2.26. The Hall–Kier alpha value is -0.910. The first kappa shape index (κ1) is 14.5. The molecule has 1 aromatic rings. The first-order valence-electron chi connectivity index (χ1n) is 6.87. The fourth-order valence-electron chi connectivity index (χ4n) is 2.62. The van der Waals surface area contributed by atoms with Gasteiger partial charge >= 0.3 is 0 Å². The lowest BCUT2D eigenvalue weighted by atomic mass is 9.96. The summed E-state index contributed by atoms with van der Waals surface area (Å²) in [5.41, 5.74) is 6.33. The van der Waals surface area contributed by atoms with Gasteiger partial charge in [-0.25, -0.2) is 8.42 Å². The van der Waals surface area contributed by atoms with Crippen molar-refractivity contribution in [3.8, 4) is 0 Å². The molecule has 0 amide bonds. The molecule has 1 fully saturated rings. The van der Waals surface area contributed by atoms with Gasteiger partial charge in [-0.05, 0) is 30.4 Å². The number of hydrogen-bond donors (Lipinski definition) is 1. The van der Waals surface area contributed by atoms with Crippen molar-refractivity contribution in [3.05, 3.63) is 29.8 Å². The lowest BCUT2D eigenvalue weighted by Gasteiger charge is -2.31. The first-order valence-corrected chi connectivity index (χ1v) is 8.31. The Kier molecular flexibility index (Phi) is 4.60. The SMILES string of the molecule is CCC1CCN(S(=O)(=O)c2ccccc2CN)CC1. The van der Waals surface area contributed by atoms with E-state index in [9.17, 15) is 8.42 Å². The molecule has 5 heteroatoms. The van der Waals surface area contributed by atoms with Crippen LogP contribution in [0, 0.1) is 5.92 Å². The second-order valence-corrected chi connectivity index (χ2v) is 6.97. The Morgan fingerprint density at radius 3 is 2.47 bits per heavy atom. The first-order chi connectivity index (χ1) is 9.09. The molecular weight excluding hydrogens is 260 g/mol. The molecule has 0 unspecified atom stereocenters. The number of nitrogens with two attached hydrogens (primary N) is 1. The third-order valence-corrected chi connectivity index (χ3v) is 5.96. The van der Waals surface area contributed by atoms with Gasteiger partial charge in [0.25, 0.3) is 0 Å². The summed E-state index contributed by atoms with van der Waals surface area (Å²) in [6.45, 7) is 3.67. The average Bonchev–Trinajstić information content (AvgIpc) is 2.47. The molecule has 19 heavy (non-hydrogen) atoms. The minimum Gasteiger partial charge on any atom is -0.326 e. The van der Waals surface area contributed by atoms with Crippen molar-refractivity contribution in [3.63, 3.8) is 0 Å². The van der Waals surface area contributed by atoms with Crippen molar-refractivity contribution in [1.29, 1.82) is 0 Å². The van der Waals surface area contributed by atoms with Gasteiger partial charge in [0.2, 0.25) is 10.0 Å². The van der Waals surface area contributed by atoms with Gasteiger partial charge in [0.1, 0.15) is 0 Å². The molecule has 1 heterocycles. The molecule has 1 aliphatic rings. The van der Waals surface area contributed by atoms with Crippen LogP contribution in [-0.4, -0.2) is 25.8 Å². The van der Waals surface area contributed by atoms with Gasteiger partial charge in [-0.2, -0.15) is 4.31 Å². The molecule has 0 saturated carbocycles. The normalized spacial score (nSPS) is 18.6. The number of rotatable bonds is 4. The van der Waals surface area contributed by atoms with E-state index in [2.05, 4.69) is 6.92 Å². The highest BCUT2D eigenvalue weighted by Gasteiger charge is 2.29. The van der Waals surface area contributed by atoms with Crippen LogP contribution >= 0.6 is 0 Å². The summed E-state index contributed by atoms with van der Waals surface area (Å²) in [7, 11) is -3.38. The van der Waals surface area contributed by atoms with Crippen LogP contribution in [0.3, 0.4) is 0 Å². The number of hydrogen-bond acceptors (Lipinski definition) is 3. The van der Waals surface area contributed by atoms with E-state index in [1.807, 2.05) is 6.07 Å². The third-order valence-electron chi connectivity index (χ3n) is 3.96. The average molecular weight is 282 g/mol. The van der Waals surface area contributed by atoms with Crippen molar-refractivity contribution >= 4 is 10.0 Å². The lowest BCUT2D eigenvalue weighted by Crippen LogP contribution is -2.38. The van der Waals surface area contributed by atoms with Gasteiger partial charge in [-0.1, -0.05) is 31.5 Å². The van der Waals surface area contributed by atoms with E-state index >= 15 is 0 Å². The molecule has 0 aromatic heterocycles. The zero-order valence-corrected chi connectivity index (χ0v) is 12.2. The van der Waals surface area contributed by atoms with Crippen LogP contribution in [0.1, 0.15) is 31.7 Å². The molecular formula is C14H22N2O2S. The summed E-state index contributed by atoms with van der Waals surface area (Å²) >= 11 is 0. The van der Waals surface area contributed by atoms with Gasteiger partial charge < -0.3 is 5.73 Å². The van der Waals surface area contributed by atoms with Crippen LogP contribution in [0.4, 0.5) is 0 Å². The summed E-state index contributed by atoms with van der Waals surface area (Å²) in [5.74, 6) is 0.663. The number of nitrogens with zero attached hydrogens (tertiary/aromatic N) is 1. The fraction of sp³-hybridized carbons (Fsp3) is 0.571. The van der Waals surface area contributed by atoms with Gasteiger partial charge in [0, 0.05) is 19.6 Å². The lowest BCUT2D eigenvalue weighted by molar-refractivity contribution is 0.269. The van der Waals surface area contributed by atoms with Gasteiger partial charge in [-0.3, -0.25) is 0 Å². The Morgan fingerprint density at radius 2 is 1.89 bits per heavy atom. The fourth-order valence-corrected chi connectivity index (χ4v) is 4.32. The van der Waals surface area contributed by atoms with Crippen LogP contribution in [-0.2, 0) is 16.6 Å². The summed E-state index contributed by atoms with van der Waals surface area (Å²) in [4.78, 5) is 0.368. The van der Waals surface area contributed by atoms with Crippen molar-refractivity contribution in [1.82, 2.24) is 4.31 Å². The molecule has 1 saturated heterocycles. The van der Waals surface area contributed by atoms with Crippen molar-refractivity contribution in [2.75, 3.05) is 13.1 Å². The predicted octanol–water partition coefficient (Wildman–Crippen LogP) is 1.96. The quantitative estimate of drug-likeness (QED) is 0.918.